The van der Waals surface area contributed by atoms with E-state index in [1.54, 1.807) is 17.0 Å². The van der Waals surface area contributed by atoms with Crippen molar-refractivity contribution in [3.05, 3.63) is 59.2 Å². The molecule has 0 aliphatic carbocycles. The van der Waals surface area contributed by atoms with E-state index in [2.05, 4.69) is 4.72 Å². The summed E-state index contributed by atoms with van der Waals surface area (Å²) in [5.74, 6) is 0.0622. The van der Waals surface area contributed by atoms with Crippen LogP contribution in [-0.4, -0.2) is 20.9 Å². The van der Waals surface area contributed by atoms with Gasteiger partial charge in [-0.1, -0.05) is 29.8 Å². The molecule has 1 aliphatic heterocycles. The number of nitrogens with one attached hydrogen (secondary N) is 1. The molecule has 1 N–H and O–H groups in total. The Kier molecular flexibility index (Phi) is 5.32. The Morgan fingerprint density at radius 2 is 1.88 bits per heavy atom. The molecule has 0 atom stereocenters. The van der Waals surface area contributed by atoms with Gasteiger partial charge in [0.1, 0.15) is 0 Å². The number of hydrogen-bond acceptors (Lipinski definition) is 3. The fourth-order valence-corrected chi connectivity index (χ4v) is 4.50. The van der Waals surface area contributed by atoms with Crippen LogP contribution >= 0.6 is 0 Å². The average Bonchev–Trinajstić information content (AvgIpc) is 2.55. The molecule has 0 aromatic heterocycles. The van der Waals surface area contributed by atoms with E-state index in [1.807, 2.05) is 44.2 Å². The third kappa shape index (κ3) is 4.43. The Morgan fingerprint density at radius 1 is 1.08 bits per heavy atom. The van der Waals surface area contributed by atoms with Gasteiger partial charge in [-0.05, 0) is 56.0 Å². The molecule has 0 unspecified atom stereocenters. The predicted octanol–water partition coefficient (Wildman–Crippen LogP) is 3.76. The topological polar surface area (TPSA) is 66.5 Å². The molecule has 1 amide bonds. The number of rotatable bonds is 5. The number of benzene rings is 2. The molecule has 2 aromatic carbocycles. The number of carbonyl (C=O) groups excluding carboxylic acids is 1. The SMILES string of the molecule is Cc1cccc(CS(=O)(=O)Nc2ccc(N3CCCCC3=O)c(C)c2)c1. The van der Waals surface area contributed by atoms with Gasteiger partial charge in [-0.15, -0.1) is 0 Å². The average molecular weight is 372 g/mol. The van der Waals surface area contributed by atoms with E-state index in [-0.39, 0.29) is 11.7 Å². The van der Waals surface area contributed by atoms with Gasteiger partial charge in [0.2, 0.25) is 15.9 Å². The van der Waals surface area contributed by atoms with Crippen LogP contribution in [0.4, 0.5) is 11.4 Å². The van der Waals surface area contributed by atoms with Gasteiger partial charge in [0, 0.05) is 24.3 Å². The zero-order valence-corrected chi connectivity index (χ0v) is 16.0. The highest BCUT2D eigenvalue weighted by molar-refractivity contribution is 7.91. The molecule has 5 nitrogen and oxygen atoms in total. The lowest BCUT2D eigenvalue weighted by atomic mass is 10.1. The van der Waals surface area contributed by atoms with Crippen LogP contribution < -0.4 is 9.62 Å². The Hall–Kier alpha value is -2.34. The number of nitrogens with zero attached hydrogens (tertiary/aromatic N) is 1. The van der Waals surface area contributed by atoms with Crippen LogP contribution in [0.25, 0.3) is 0 Å². The van der Waals surface area contributed by atoms with Crippen LogP contribution in [0.1, 0.15) is 36.0 Å². The maximum Gasteiger partial charge on any atom is 0.236 e. The highest BCUT2D eigenvalue weighted by atomic mass is 32.2. The molecular weight excluding hydrogens is 348 g/mol. The van der Waals surface area contributed by atoms with Gasteiger partial charge in [0.25, 0.3) is 0 Å². The zero-order chi connectivity index (χ0) is 18.7. The first-order valence-corrected chi connectivity index (χ1v) is 10.5. The van der Waals surface area contributed by atoms with Crippen molar-refractivity contribution in [3.63, 3.8) is 0 Å². The Bertz CT molecular complexity index is 922. The van der Waals surface area contributed by atoms with Gasteiger partial charge in [0.15, 0.2) is 0 Å². The lowest BCUT2D eigenvalue weighted by molar-refractivity contribution is -0.119. The summed E-state index contributed by atoms with van der Waals surface area (Å²) < 4.78 is 27.5. The van der Waals surface area contributed by atoms with Crippen molar-refractivity contribution in [2.45, 2.75) is 38.9 Å². The Labute approximate surface area is 155 Å². The van der Waals surface area contributed by atoms with Gasteiger partial charge < -0.3 is 4.90 Å². The molecule has 0 radical (unpaired) electrons. The monoisotopic (exact) mass is 372 g/mol. The van der Waals surface area contributed by atoms with Crippen molar-refractivity contribution in [3.8, 4) is 0 Å². The molecule has 1 saturated heterocycles. The van der Waals surface area contributed by atoms with E-state index in [4.69, 9.17) is 0 Å². The quantitative estimate of drug-likeness (QED) is 0.869. The number of amides is 1. The van der Waals surface area contributed by atoms with Crippen LogP contribution in [-0.2, 0) is 20.6 Å². The third-order valence-corrected chi connectivity index (χ3v) is 5.78. The van der Waals surface area contributed by atoms with Crippen molar-refractivity contribution >= 4 is 27.3 Å². The number of aryl methyl sites for hydroxylation is 2. The first-order chi connectivity index (χ1) is 12.3. The Balaban J connectivity index is 1.75. The van der Waals surface area contributed by atoms with Crippen LogP contribution in [0, 0.1) is 13.8 Å². The summed E-state index contributed by atoms with van der Waals surface area (Å²) in [7, 11) is -3.50. The molecule has 1 aliphatic rings. The van der Waals surface area contributed by atoms with Crippen molar-refractivity contribution < 1.29 is 13.2 Å². The normalized spacial score (nSPS) is 15.2. The summed E-state index contributed by atoms with van der Waals surface area (Å²) >= 11 is 0. The van der Waals surface area contributed by atoms with E-state index in [9.17, 15) is 13.2 Å². The van der Waals surface area contributed by atoms with Crippen LogP contribution in [0.3, 0.4) is 0 Å². The van der Waals surface area contributed by atoms with E-state index in [0.29, 0.717) is 12.1 Å². The molecule has 0 saturated carbocycles. The summed E-state index contributed by atoms with van der Waals surface area (Å²) in [5, 5.41) is 0. The van der Waals surface area contributed by atoms with Crippen molar-refractivity contribution in [2.75, 3.05) is 16.2 Å². The molecule has 138 valence electrons. The number of piperidine rings is 1. The van der Waals surface area contributed by atoms with Crippen molar-refractivity contribution in [2.24, 2.45) is 0 Å². The summed E-state index contributed by atoms with van der Waals surface area (Å²) in [4.78, 5) is 13.9. The minimum Gasteiger partial charge on any atom is -0.312 e. The summed E-state index contributed by atoms with van der Waals surface area (Å²) in [5.41, 5.74) is 4.05. The molecule has 0 bridgehead atoms. The minimum atomic E-state index is -3.50. The van der Waals surface area contributed by atoms with E-state index < -0.39 is 10.0 Å². The fourth-order valence-electron chi connectivity index (χ4n) is 3.32. The van der Waals surface area contributed by atoms with Gasteiger partial charge in [-0.2, -0.15) is 0 Å². The molecule has 6 heteroatoms. The molecule has 1 heterocycles. The van der Waals surface area contributed by atoms with Crippen molar-refractivity contribution in [1.29, 1.82) is 0 Å². The first-order valence-electron chi connectivity index (χ1n) is 8.81. The minimum absolute atomic E-state index is 0.0694. The summed E-state index contributed by atoms with van der Waals surface area (Å²) in [6, 6.07) is 12.8. The number of anilines is 2. The molecular formula is C20H24N2O3S. The lowest BCUT2D eigenvalue weighted by Gasteiger charge is -2.28. The standard InChI is InChI=1S/C20H24N2O3S/c1-15-6-5-7-17(12-15)14-26(24,25)21-18-9-10-19(16(2)13-18)22-11-4-3-8-20(22)23/h5-7,9-10,12-13,21H,3-4,8,11,14H2,1-2H3. The fraction of sp³-hybridized carbons (Fsp3) is 0.350. The van der Waals surface area contributed by atoms with Crippen molar-refractivity contribution in [1.82, 2.24) is 0 Å². The van der Waals surface area contributed by atoms with Crippen LogP contribution in [0.5, 0.6) is 0 Å². The summed E-state index contributed by atoms with van der Waals surface area (Å²) in [6.45, 7) is 4.56. The maximum absolute atomic E-state index is 12.5. The van der Waals surface area contributed by atoms with Gasteiger partial charge in [-0.3, -0.25) is 9.52 Å². The molecule has 3 rings (SSSR count). The summed E-state index contributed by atoms with van der Waals surface area (Å²) in [6.07, 6.45) is 2.51. The Morgan fingerprint density at radius 3 is 2.58 bits per heavy atom. The maximum atomic E-state index is 12.5. The number of carbonyl (C=O) groups is 1. The first kappa shape index (κ1) is 18.5. The second-order valence-corrected chi connectivity index (χ2v) is 8.58. The zero-order valence-electron chi connectivity index (χ0n) is 15.2. The second-order valence-electron chi connectivity index (χ2n) is 6.85. The highest BCUT2D eigenvalue weighted by Crippen LogP contribution is 2.27. The lowest BCUT2D eigenvalue weighted by Crippen LogP contribution is -2.35. The molecule has 26 heavy (non-hydrogen) atoms. The van der Waals surface area contributed by atoms with E-state index >= 15 is 0 Å². The largest absolute Gasteiger partial charge is 0.312 e. The molecule has 1 fully saturated rings. The number of hydrogen-bond donors (Lipinski definition) is 1. The van der Waals surface area contributed by atoms with Crippen LogP contribution in [0.15, 0.2) is 42.5 Å². The highest BCUT2D eigenvalue weighted by Gasteiger charge is 2.21. The molecule has 0 spiro atoms. The third-order valence-electron chi connectivity index (χ3n) is 4.52. The number of sulfonamides is 1. The van der Waals surface area contributed by atoms with Gasteiger partial charge >= 0.3 is 0 Å². The van der Waals surface area contributed by atoms with Gasteiger partial charge in [0.05, 0.1) is 5.75 Å². The smallest absolute Gasteiger partial charge is 0.236 e. The predicted molar refractivity (Wildman–Crippen MR) is 105 cm³/mol. The van der Waals surface area contributed by atoms with E-state index in [1.165, 1.54) is 0 Å². The molecule has 2 aromatic rings. The van der Waals surface area contributed by atoms with Gasteiger partial charge in [-0.25, -0.2) is 8.42 Å². The second kappa shape index (κ2) is 7.50. The van der Waals surface area contributed by atoms with Crippen LogP contribution in [0.2, 0.25) is 0 Å². The van der Waals surface area contributed by atoms with E-state index in [0.717, 1.165) is 41.8 Å².